The van der Waals surface area contributed by atoms with Crippen LogP contribution in [0, 0.1) is 11.8 Å². The molecule has 1 fully saturated rings. The van der Waals surface area contributed by atoms with Crippen molar-refractivity contribution in [2.45, 2.75) is 77.9 Å². The highest BCUT2D eigenvalue weighted by molar-refractivity contribution is 4.96. The summed E-state index contributed by atoms with van der Waals surface area (Å²) < 4.78 is 6.21. The molecule has 0 aromatic rings. The summed E-state index contributed by atoms with van der Waals surface area (Å²) in [6.07, 6.45) is 7.74. The van der Waals surface area contributed by atoms with E-state index in [1.54, 1.807) is 0 Å². The first-order valence-corrected chi connectivity index (χ1v) is 7.94. The van der Waals surface area contributed by atoms with Gasteiger partial charge in [0.2, 0.25) is 0 Å². The van der Waals surface area contributed by atoms with E-state index in [9.17, 15) is 0 Å². The predicted molar refractivity (Wildman–Crippen MR) is 78.9 cm³/mol. The van der Waals surface area contributed by atoms with Gasteiger partial charge in [0.15, 0.2) is 0 Å². The van der Waals surface area contributed by atoms with Crippen LogP contribution < -0.4 is 5.32 Å². The zero-order chi connectivity index (χ0) is 13.6. The number of likely N-dealkylation sites (N-methyl/N-ethyl adjacent to an activating group) is 1. The molecule has 108 valence electrons. The standard InChI is InChI=1S/C16H33NO/c1-6-16(7-2,18-8-3)15(17-5)14-11-9-10-13(4)12-14/h13-15,17H,6-12H2,1-5H3. The monoisotopic (exact) mass is 255 g/mol. The molecule has 0 aliphatic heterocycles. The van der Waals surface area contributed by atoms with Crippen LogP contribution in [0.5, 0.6) is 0 Å². The second-order valence-corrected chi connectivity index (χ2v) is 6.00. The van der Waals surface area contributed by atoms with Crippen molar-refractivity contribution in [2.24, 2.45) is 11.8 Å². The van der Waals surface area contributed by atoms with Crippen molar-refractivity contribution in [2.75, 3.05) is 13.7 Å². The molecule has 1 aliphatic carbocycles. The van der Waals surface area contributed by atoms with Crippen molar-refractivity contribution >= 4 is 0 Å². The molecule has 3 atom stereocenters. The summed E-state index contributed by atoms with van der Waals surface area (Å²) in [6.45, 7) is 9.89. The molecule has 1 rings (SSSR count). The lowest BCUT2D eigenvalue weighted by atomic mass is 9.71. The van der Waals surface area contributed by atoms with E-state index >= 15 is 0 Å². The quantitative estimate of drug-likeness (QED) is 0.742. The molecule has 0 amide bonds. The van der Waals surface area contributed by atoms with Gasteiger partial charge in [0, 0.05) is 12.6 Å². The van der Waals surface area contributed by atoms with Crippen LogP contribution >= 0.6 is 0 Å². The Balaban J connectivity index is 2.83. The molecule has 0 radical (unpaired) electrons. The number of nitrogens with one attached hydrogen (secondary N) is 1. The molecule has 0 bridgehead atoms. The van der Waals surface area contributed by atoms with E-state index < -0.39 is 0 Å². The summed E-state index contributed by atoms with van der Waals surface area (Å²) in [4.78, 5) is 0. The van der Waals surface area contributed by atoms with E-state index in [0.29, 0.717) is 6.04 Å². The molecule has 2 nitrogen and oxygen atoms in total. The van der Waals surface area contributed by atoms with Gasteiger partial charge in [-0.1, -0.05) is 33.6 Å². The molecule has 1 saturated carbocycles. The zero-order valence-electron chi connectivity index (χ0n) is 13.1. The van der Waals surface area contributed by atoms with Crippen LogP contribution in [-0.4, -0.2) is 25.3 Å². The van der Waals surface area contributed by atoms with Crippen molar-refractivity contribution in [3.8, 4) is 0 Å². The highest BCUT2D eigenvalue weighted by Crippen LogP contribution is 2.38. The van der Waals surface area contributed by atoms with Gasteiger partial charge >= 0.3 is 0 Å². The lowest BCUT2D eigenvalue weighted by Crippen LogP contribution is -2.55. The average Bonchev–Trinajstić information content (AvgIpc) is 2.38. The Morgan fingerprint density at radius 2 is 1.89 bits per heavy atom. The van der Waals surface area contributed by atoms with E-state index in [4.69, 9.17) is 4.74 Å². The first kappa shape index (κ1) is 16.0. The van der Waals surface area contributed by atoms with Gasteiger partial charge in [0.05, 0.1) is 5.60 Å². The minimum Gasteiger partial charge on any atom is -0.374 e. The Labute approximate surface area is 114 Å². The molecular formula is C16H33NO. The van der Waals surface area contributed by atoms with Gasteiger partial charge in [-0.05, 0) is 51.5 Å². The summed E-state index contributed by atoms with van der Waals surface area (Å²) in [5.74, 6) is 1.66. The van der Waals surface area contributed by atoms with Crippen LogP contribution in [-0.2, 0) is 4.74 Å². The van der Waals surface area contributed by atoms with Crippen LogP contribution in [0.3, 0.4) is 0 Å². The van der Waals surface area contributed by atoms with Crippen LogP contribution in [0.2, 0.25) is 0 Å². The molecule has 0 spiro atoms. The average molecular weight is 255 g/mol. The Morgan fingerprint density at radius 3 is 2.33 bits per heavy atom. The van der Waals surface area contributed by atoms with Gasteiger partial charge in [0.25, 0.3) is 0 Å². The molecule has 0 saturated heterocycles. The molecule has 0 heterocycles. The molecular weight excluding hydrogens is 222 g/mol. The van der Waals surface area contributed by atoms with Crippen molar-refractivity contribution in [1.82, 2.24) is 5.32 Å². The Bertz CT molecular complexity index is 225. The molecule has 18 heavy (non-hydrogen) atoms. The van der Waals surface area contributed by atoms with Gasteiger partial charge in [-0.2, -0.15) is 0 Å². The number of ether oxygens (including phenoxy) is 1. The molecule has 3 unspecified atom stereocenters. The molecule has 1 aliphatic rings. The minimum absolute atomic E-state index is 0.0330. The van der Waals surface area contributed by atoms with Crippen molar-refractivity contribution < 1.29 is 4.74 Å². The van der Waals surface area contributed by atoms with Gasteiger partial charge < -0.3 is 10.1 Å². The first-order valence-electron chi connectivity index (χ1n) is 7.94. The molecule has 0 aromatic carbocycles. The van der Waals surface area contributed by atoms with Gasteiger partial charge in [-0.25, -0.2) is 0 Å². The van der Waals surface area contributed by atoms with E-state index in [0.717, 1.165) is 31.3 Å². The molecule has 0 aromatic heterocycles. The van der Waals surface area contributed by atoms with Crippen molar-refractivity contribution in [1.29, 1.82) is 0 Å². The van der Waals surface area contributed by atoms with Gasteiger partial charge in [-0.15, -0.1) is 0 Å². The Hall–Kier alpha value is -0.0800. The summed E-state index contributed by atoms with van der Waals surface area (Å²) in [6, 6.07) is 0.509. The van der Waals surface area contributed by atoms with Crippen molar-refractivity contribution in [3.63, 3.8) is 0 Å². The van der Waals surface area contributed by atoms with Crippen LogP contribution in [0.15, 0.2) is 0 Å². The predicted octanol–water partition coefficient (Wildman–Crippen LogP) is 4.00. The lowest BCUT2D eigenvalue weighted by molar-refractivity contribution is -0.0888. The summed E-state index contributed by atoms with van der Waals surface area (Å²) in [7, 11) is 2.11. The van der Waals surface area contributed by atoms with Gasteiger partial charge in [-0.3, -0.25) is 0 Å². The maximum Gasteiger partial charge on any atom is 0.0831 e. The smallest absolute Gasteiger partial charge is 0.0831 e. The lowest BCUT2D eigenvalue weighted by Gasteiger charge is -2.45. The first-order chi connectivity index (χ1) is 8.63. The van der Waals surface area contributed by atoms with Crippen LogP contribution in [0.1, 0.15) is 66.2 Å². The fourth-order valence-corrected chi connectivity index (χ4v) is 3.98. The number of hydrogen-bond acceptors (Lipinski definition) is 2. The minimum atomic E-state index is 0.0330. The van der Waals surface area contributed by atoms with Crippen LogP contribution in [0.25, 0.3) is 0 Å². The van der Waals surface area contributed by atoms with E-state index in [2.05, 4.69) is 40.1 Å². The summed E-state index contributed by atoms with van der Waals surface area (Å²) in [5.41, 5.74) is 0.0330. The summed E-state index contributed by atoms with van der Waals surface area (Å²) >= 11 is 0. The Kier molecular flexibility index (Phi) is 6.65. The fraction of sp³-hybridized carbons (Fsp3) is 1.00. The topological polar surface area (TPSA) is 21.3 Å². The highest BCUT2D eigenvalue weighted by atomic mass is 16.5. The maximum absolute atomic E-state index is 6.21. The number of rotatable bonds is 7. The van der Waals surface area contributed by atoms with Crippen molar-refractivity contribution in [3.05, 3.63) is 0 Å². The van der Waals surface area contributed by atoms with E-state index in [1.807, 2.05) is 0 Å². The summed E-state index contributed by atoms with van der Waals surface area (Å²) in [5, 5.41) is 3.59. The molecule has 1 N–H and O–H groups in total. The van der Waals surface area contributed by atoms with E-state index in [-0.39, 0.29) is 5.60 Å². The third kappa shape index (κ3) is 3.48. The second kappa shape index (κ2) is 7.49. The normalized spacial score (nSPS) is 27.2. The SMILES string of the molecule is CCOC(CC)(CC)C(NC)C1CCCC(C)C1. The third-order valence-corrected chi connectivity index (χ3v) is 4.95. The fourth-order valence-electron chi connectivity index (χ4n) is 3.98. The second-order valence-electron chi connectivity index (χ2n) is 6.00. The maximum atomic E-state index is 6.21. The van der Waals surface area contributed by atoms with Gasteiger partial charge in [0.1, 0.15) is 0 Å². The highest BCUT2D eigenvalue weighted by Gasteiger charge is 2.41. The number of hydrogen-bond donors (Lipinski definition) is 1. The molecule has 2 heteroatoms. The van der Waals surface area contributed by atoms with E-state index in [1.165, 1.54) is 25.7 Å². The third-order valence-electron chi connectivity index (χ3n) is 4.95. The Morgan fingerprint density at radius 1 is 1.22 bits per heavy atom. The largest absolute Gasteiger partial charge is 0.374 e. The zero-order valence-corrected chi connectivity index (χ0v) is 13.1. The van der Waals surface area contributed by atoms with Crippen LogP contribution in [0.4, 0.5) is 0 Å².